The summed E-state index contributed by atoms with van der Waals surface area (Å²) in [6.07, 6.45) is 1.02. The molecule has 3 rings (SSSR count). The van der Waals surface area contributed by atoms with Crippen LogP contribution in [-0.2, 0) is 6.54 Å². The molecule has 0 saturated carbocycles. The Hall–Kier alpha value is -2.10. The summed E-state index contributed by atoms with van der Waals surface area (Å²) < 4.78 is 1.81. The van der Waals surface area contributed by atoms with E-state index in [9.17, 15) is 4.79 Å². The largest absolute Gasteiger partial charge is 0.337 e. The van der Waals surface area contributed by atoms with Crippen molar-refractivity contribution in [2.75, 3.05) is 13.1 Å². The monoisotopic (exact) mass is 311 g/mol. The van der Waals surface area contributed by atoms with Crippen molar-refractivity contribution in [1.29, 1.82) is 0 Å². The molecule has 1 aliphatic heterocycles. The number of carbonyl (C=O) groups is 1. The zero-order valence-corrected chi connectivity index (χ0v) is 14.2. The van der Waals surface area contributed by atoms with E-state index >= 15 is 0 Å². The molecule has 0 N–H and O–H groups in total. The molecule has 4 nitrogen and oxygen atoms in total. The van der Waals surface area contributed by atoms with Gasteiger partial charge in [-0.25, -0.2) is 0 Å². The molecule has 0 aliphatic carbocycles. The lowest BCUT2D eigenvalue weighted by atomic mass is 9.81. The predicted octanol–water partition coefficient (Wildman–Crippen LogP) is 3.48. The lowest BCUT2D eigenvalue weighted by Crippen LogP contribution is -2.42. The van der Waals surface area contributed by atoms with Gasteiger partial charge >= 0.3 is 0 Å². The predicted molar refractivity (Wildman–Crippen MR) is 91.5 cm³/mol. The second-order valence-electron chi connectivity index (χ2n) is 6.52. The molecule has 0 unspecified atom stereocenters. The van der Waals surface area contributed by atoms with Crippen molar-refractivity contribution in [3.63, 3.8) is 0 Å². The van der Waals surface area contributed by atoms with E-state index in [1.54, 1.807) is 0 Å². The van der Waals surface area contributed by atoms with Gasteiger partial charge in [-0.15, -0.1) is 0 Å². The highest BCUT2D eigenvalue weighted by Gasteiger charge is 2.31. The van der Waals surface area contributed by atoms with Gasteiger partial charge in [-0.3, -0.25) is 9.48 Å². The summed E-state index contributed by atoms with van der Waals surface area (Å²) >= 11 is 0. The average molecular weight is 311 g/mol. The number of hydrogen-bond donors (Lipinski definition) is 0. The summed E-state index contributed by atoms with van der Waals surface area (Å²) in [5.41, 5.74) is 3.01. The minimum Gasteiger partial charge on any atom is -0.337 e. The number of piperidine rings is 1. The number of hydrogen-bond acceptors (Lipinski definition) is 2. The molecular weight excluding hydrogens is 286 g/mol. The van der Waals surface area contributed by atoms with Crippen LogP contribution in [0.25, 0.3) is 0 Å². The van der Waals surface area contributed by atoms with Gasteiger partial charge in [0.15, 0.2) is 0 Å². The molecule has 1 amide bonds. The van der Waals surface area contributed by atoms with Gasteiger partial charge < -0.3 is 4.90 Å². The molecule has 1 aromatic carbocycles. The first-order valence-corrected chi connectivity index (χ1v) is 8.48. The Bertz CT molecular complexity index is 677. The van der Waals surface area contributed by atoms with Crippen molar-refractivity contribution >= 4 is 5.91 Å². The first-order valence-electron chi connectivity index (χ1n) is 8.48. The molecule has 1 aromatic heterocycles. The molecule has 23 heavy (non-hydrogen) atoms. The van der Waals surface area contributed by atoms with Crippen molar-refractivity contribution in [3.8, 4) is 0 Å². The van der Waals surface area contributed by atoms with E-state index in [0.717, 1.165) is 37.4 Å². The van der Waals surface area contributed by atoms with Crippen molar-refractivity contribution < 1.29 is 4.79 Å². The maximum Gasteiger partial charge on any atom is 0.272 e. The fourth-order valence-electron chi connectivity index (χ4n) is 3.65. The molecule has 0 radical (unpaired) electrons. The lowest BCUT2D eigenvalue weighted by Gasteiger charge is -2.37. The highest BCUT2D eigenvalue weighted by atomic mass is 16.2. The second-order valence-corrected chi connectivity index (χ2v) is 6.52. The van der Waals surface area contributed by atoms with Gasteiger partial charge in [0.1, 0.15) is 5.69 Å². The SMILES string of the molecule is CCn1nc(C)cc1C(=O)N1CC[C@H](c2ccccc2)[C@@H](C)C1. The average Bonchev–Trinajstić information content (AvgIpc) is 2.96. The topological polar surface area (TPSA) is 38.1 Å². The van der Waals surface area contributed by atoms with Crippen LogP contribution < -0.4 is 0 Å². The summed E-state index contributed by atoms with van der Waals surface area (Å²) in [5, 5.41) is 4.40. The molecule has 2 aromatic rings. The molecule has 1 aliphatic rings. The van der Waals surface area contributed by atoms with E-state index in [-0.39, 0.29) is 5.91 Å². The van der Waals surface area contributed by atoms with E-state index in [0.29, 0.717) is 11.8 Å². The molecule has 1 saturated heterocycles. The normalized spacial score (nSPS) is 21.4. The van der Waals surface area contributed by atoms with E-state index in [2.05, 4.69) is 42.4 Å². The summed E-state index contributed by atoms with van der Waals surface area (Å²) in [7, 11) is 0. The fraction of sp³-hybridized carbons (Fsp3) is 0.474. The van der Waals surface area contributed by atoms with Crippen LogP contribution in [0.15, 0.2) is 36.4 Å². The van der Waals surface area contributed by atoms with E-state index in [4.69, 9.17) is 0 Å². The van der Waals surface area contributed by atoms with Gasteiger partial charge in [-0.05, 0) is 43.7 Å². The Labute approximate surface area is 138 Å². The number of benzene rings is 1. The van der Waals surface area contributed by atoms with E-state index in [1.165, 1.54) is 5.56 Å². The van der Waals surface area contributed by atoms with Crippen LogP contribution in [0.5, 0.6) is 0 Å². The first kappa shape index (κ1) is 15.8. The minimum atomic E-state index is 0.116. The Morgan fingerprint density at radius 1 is 1.30 bits per heavy atom. The quantitative estimate of drug-likeness (QED) is 0.870. The molecule has 122 valence electrons. The number of carbonyl (C=O) groups excluding carboxylic acids is 1. The van der Waals surface area contributed by atoms with Gasteiger partial charge in [0.25, 0.3) is 5.91 Å². The molecular formula is C19H25N3O. The van der Waals surface area contributed by atoms with Crippen LogP contribution in [0.4, 0.5) is 0 Å². The maximum absolute atomic E-state index is 12.8. The number of amides is 1. The van der Waals surface area contributed by atoms with E-state index in [1.807, 2.05) is 29.5 Å². The first-order chi connectivity index (χ1) is 11.1. The highest BCUT2D eigenvalue weighted by molar-refractivity contribution is 5.92. The van der Waals surface area contributed by atoms with Crippen molar-refractivity contribution in [3.05, 3.63) is 53.3 Å². The molecule has 2 atom stereocenters. The van der Waals surface area contributed by atoms with Crippen LogP contribution in [0.1, 0.15) is 47.9 Å². The standard InChI is InChI=1S/C19H25N3O/c1-4-22-18(12-15(3)20-22)19(23)21-11-10-17(14(2)13-21)16-8-6-5-7-9-16/h5-9,12,14,17H,4,10-11,13H2,1-3H3/t14-,17-/m0/s1. The summed E-state index contributed by atoms with van der Waals surface area (Å²) in [6, 6.07) is 12.6. The summed E-state index contributed by atoms with van der Waals surface area (Å²) in [4.78, 5) is 14.8. The van der Waals surface area contributed by atoms with Crippen LogP contribution in [0.2, 0.25) is 0 Å². The van der Waals surface area contributed by atoms with Crippen LogP contribution >= 0.6 is 0 Å². The third kappa shape index (κ3) is 3.16. The third-order valence-corrected chi connectivity index (χ3v) is 4.84. The number of nitrogens with zero attached hydrogens (tertiary/aromatic N) is 3. The molecule has 4 heteroatoms. The number of likely N-dealkylation sites (tertiary alicyclic amines) is 1. The summed E-state index contributed by atoms with van der Waals surface area (Å²) in [6.45, 7) is 8.56. The molecule has 0 bridgehead atoms. The van der Waals surface area contributed by atoms with Gasteiger partial charge in [-0.2, -0.15) is 5.10 Å². The van der Waals surface area contributed by atoms with Crippen LogP contribution in [-0.4, -0.2) is 33.7 Å². The van der Waals surface area contributed by atoms with Crippen molar-refractivity contribution in [2.45, 2.75) is 39.7 Å². The van der Waals surface area contributed by atoms with Crippen LogP contribution in [0, 0.1) is 12.8 Å². The number of aromatic nitrogens is 2. The third-order valence-electron chi connectivity index (χ3n) is 4.84. The fourth-order valence-corrected chi connectivity index (χ4v) is 3.65. The Morgan fingerprint density at radius 2 is 2.04 bits per heavy atom. The van der Waals surface area contributed by atoms with Crippen molar-refractivity contribution in [1.82, 2.24) is 14.7 Å². The molecule has 0 spiro atoms. The van der Waals surface area contributed by atoms with Crippen LogP contribution in [0.3, 0.4) is 0 Å². The van der Waals surface area contributed by atoms with Gasteiger partial charge in [-0.1, -0.05) is 37.3 Å². The zero-order valence-electron chi connectivity index (χ0n) is 14.2. The molecule has 1 fully saturated rings. The van der Waals surface area contributed by atoms with Gasteiger partial charge in [0.2, 0.25) is 0 Å². The molecule has 2 heterocycles. The maximum atomic E-state index is 12.8. The smallest absolute Gasteiger partial charge is 0.272 e. The zero-order chi connectivity index (χ0) is 16.4. The second kappa shape index (κ2) is 6.57. The number of rotatable bonds is 3. The lowest BCUT2D eigenvalue weighted by molar-refractivity contribution is 0.0648. The van der Waals surface area contributed by atoms with Gasteiger partial charge in [0.05, 0.1) is 5.69 Å². The van der Waals surface area contributed by atoms with Crippen molar-refractivity contribution in [2.24, 2.45) is 5.92 Å². The Balaban J connectivity index is 1.73. The Morgan fingerprint density at radius 3 is 2.70 bits per heavy atom. The van der Waals surface area contributed by atoms with E-state index < -0.39 is 0 Å². The highest BCUT2D eigenvalue weighted by Crippen LogP contribution is 2.33. The van der Waals surface area contributed by atoms with Gasteiger partial charge in [0, 0.05) is 19.6 Å². The Kier molecular flexibility index (Phi) is 4.51. The summed E-state index contributed by atoms with van der Waals surface area (Å²) in [5.74, 6) is 1.12. The minimum absolute atomic E-state index is 0.116. The number of aryl methyl sites for hydroxylation is 2.